The summed E-state index contributed by atoms with van der Waals surface area (Å²) in [6.45, 7) is 4.76. The third-order valence-electron chi connectivity index (χ3n) is 2.44. The number of hydrogen-bond acceptors (Lipinski definition) is 2. The number of nitrogens with one attached hydrogen (secondary N) is 2. The average molecular weight is 252 g/mol. The lowest BCUT2D eigenvalue weighted by Gasteiger charge is -2.20. The van der Waals surface area contributed by atoms with E-state index in [0.717, 1.165) is 0 Å². The van der Waals surface area contributed by atoms with E-state index in [1.807, 2.05) is 25.1 Å². The van der Waals surface area contributed by atoms with Gasteiger partial charge in [-0.2, -0.15) is 0 Å². The molecule has 0 aromatic heterocycles. The van der Waals surface area contributed by atoms with Crippen molar-refractivity contribution in [2.45, 2.75) is 25.9 Å². The largest absolute Gasteiger partial charge is 0.383 e. The van der Waals surface area contributed by atoms with Crippen LogP contribution < -0.4 is 10.6 Å². The van der Waals surface area contributed by atoms with Crippen LogP contribution in [0.2, 0.25) is 0 Å². The third kappa shape index (κ3) is 5.15. The van der Waals surface area contributed by atoms with Gasteiger partial charge in [0.15, 0.2) is 5.11 Å². The fourth-order valence-corrected chi connectivity index (χ4v) is 1.96. The lowest BCUT2D eigenvalue weighted by Crippen LogP contribution is -2.43. The van der Waals surface area contributed by atoms with Crippen LogP contribution in [-0.2, 0) is 4.74 Å². The molecule has 0 amide bonds. The van der Waals surface area contributed by atoms with E-state index in [1.165, 1.54) is 5.56 Å². The molecular weight excluding hydrogens is 232 g/mol. The standard InChI is InChI=1S/C13H20N2OS/c1-10(9-16-3)14-13(17)15-11(2)12-7-5-4-6-8-12/h4-8,10-11H,9H2,1-3H3,(H2,14,15,17). The zero-order valence-corrected chi connectivity index (χ0v) is 11.4. The molecule has 17 heavy (non-hydrogen) atoms. The molecule has 2 atom stereocenters. The van der Waals surface area contributed by atoms with E-state index in [0.29, 0.717) is 11.7 Å². The van der Waals surface area contributed by atoms with Crippen molar-refractivity contribution in [1.29, 1.82) is 0 Å². The van der Waals surface area contributed by atoms with Crippen molar-refractivity contribution in [3.8, 4) is 0 Å². The molecular formula is C13H20N2OS. The summed E-state index contributed by atoms with van der Waals surface area (Å²) in [5.41, 5.74) is 1.22. The molecule has 0 heterocycles. The number of hydrogen-bond donors (Lipinski definition) is 2. The fraction of sp³-hybridized carbons (Fsp3) is 0.462. The minimum absolute atomic E-state index is 0.200. The first kappa shape index (κ1) is 13.9. The summed E-state index contributed by atoms with van der Waals surface area (Å²) < 4.78 is 5.04. The molecule has 4 heteroatoms. The minimum Gasteiger partial charge on any atom is -0.383 e. The Morgan fingerprint density at radius 2 is 1.88 bits per heavy atom. The molecule has 0 spiro atoms. The van der Waals surface area contributed by atoms with Gasteiger partial charge in [-0.25, -0.2) is 0 Å². The average Bonchev–Trinajstić information content (AvgIpc) is 2.30. The van der Waals surface area contributed by atoms with E-state index in [2.05, 4.69) is 29.7 Å². The number of rotatable bonds is 5. The maximum atomic E-state index is 5.24. The van der Waals surface area contributed by atoms with Crippen LogP contribution in [0.5, 0.6) is 0 Å². The van der Waals surface area contributed by atoms with E-state index in [9.17, 15) is 0 Å². The van der Waals surface area contributed by atoms with Crippen LogP contribution in [0.15, 0.2) is 30.3 Å². The summed E-state index contributed by atoms with van der Waals surface area (Å²) in [5, 5.41) is 7.09. The van der Waals surface area contributed by atoms with Gasteiger partial charge in [-0.3, -0.25) is 0 Å². The highest BCUT2D eigenvalue weighted by Gasteiger charge is 2.08. The number of ether oxygens (including phenoxy) is 1. The molecule has 0 aliphatic carbocycles. The monoisotopic (exact) mass is 252 g/mol. The summed E-state index contributed by atoms with van der Waals surface area (Å²) in [5.74, 6) is 0. The molecule has 3 nitrogen and oxygen atoms in total. The van der Waals surface area contributed by atoms with Gasteiger partial charge in [-0.05, 0) is 31.6 Å². The lowest BCUT2D eigenvalue weighted by atomic mass is 10.1. The van der Waals surface area contributed by atoms with Crippen LogP contribution in [-0.4, -0.2) is 24.9 Å². The first-order valence-electron chi connectivity index (χ1n) is 5.74. The Morgan fingerprint density at radius 1 is 1.24 bits per heavy atom. The Kier molecular flexibility index (Phi) is 5.94. The molecule has 1 aromatic carbocycles. The van der Waals surface area contributed by atoms with E-state index in [-0.39, 0.29) is 12.1 Å². The Labute approximate surface area is 109 Å². The Bertz CT molecular complexity index is 343. The Morgan fingerprint density at radius 3 is 2.47 bits per heavy atom. The molecule has 0 fully saturated rings. The van der Waals surface area contributed by atoms with Crippen molar-refractivity contribution < 1.29 is 4.74 Å². The van der Waals surface area contributed by atoms with Gasteiger partial charge in [-0.1, -0.05) is 30.3 Å². The normalized spacial score (nSPS) is 13.8. The van der Waals surface area contributed by atoms with E-state index < -0.39 is 0 Å². The second-order valence-corrected chi connectivity index (χ2v) is 4.51. The Balaban J connectivity index is 2.41. The topological polar surface area (TPSA) is 33.3 Å². The van der Waals surface area contributed by atoms with Crippen LogP contribution >= 0.6 is 12.2 Å². The minimum atomic E-state index is 0.200. The number of benzene rings is 1. The molecule has 1 rings (SSSR count). The smallest absolute Gasteiger partial charge is 0.167 e. The lowest BCUT2D eigenvalue weighted by molar-refractivity contribution is 0.179. The van der Waals surface area contributed by atoms with E-state index >= 15 is 0 Å². The quantitative estimate of drug-likeness (QED) is 0.788. The molecule has 94 valence electrons. The second-order valence-electron chi connectivity index (χ2n) is 4.11. The van der Waals surface area contributed by atoms with Crippen molar-refractivity contribution in [3.63, 3.8) is 0 Å². The van der Waals surface area contributed by atoms with Gasteiger partial charge in [0.25, 0.3) is 0 Å². The van der Waals surface area contributed by atoms with Crippen LogP contribution in [0.4, 0.5) is 0 Å². The zero-order chi connectivity index (χ0) is 12.7. The summed E-state index contributed by atoms with van der Waals surface area (Å²) >= 11 is 5.24. The van der Waals surface area contributed by atoms with Gasteiger partial charge in [-0.15, -0.1) is 0 Å². The molecule has 2 N–H and O–H groups in total. The fourth-order valence-electron chi connectivity index (χ4n) is 1.58. The van der Waals surface area contributed by atoms with Crippen molar-refractivity contribution in [1.82, 2.24) is 10.6 Å². The SMILES string of the molecule is COCC(C)NC(=S)NC(C)c1ccccc1. The molecule has 0 radical (unpaired) electrons. The molecule has 0 aliphatic heterocycles. The zero-order valence-electron chi connectivity index (χ0n) is 10.6. The van der Waals surface area contributed by atoms with Crippen LogP contribution in [0.3, 0.4) is 0 Å². The first-order valence-corrected chi connectivity index (χ1v) is 6.15. The van der Waals surface area contributed by atoms with Crippen LogP contribution in [0.25, 0.3) is 0 Å². The van der Waals surface area contributed by atoms with Gasteiger partial charge < -0.3 is 15.4 Å². The highest BCUT2D eigenvalue weighted by Crippen LogP contribution is 2.10. The summed E-state index contributed by atoms with van der Waals surface area (Å²) in [6, 6.07) is 10.6. The predicted octanol–water partition coefficient (Wildman–Crippen LogP) is 2.25. The summed E-state index contributed by atoms with van der Waals surface area (Å²) in [7, 11) is 1.68. The number of thiocarbonyl (C=S) groups is 1. The van der Waals surface area contributed by atoms with E-state index in [4.69, 9.17) is 17.0 Å². The van der Waals surface area contributed by atoms with Crippen molar-refractivity contribution in [3.05, 3.63) is 35.9 Å². The van der Waals surface area contributed by atoms with Crippen molar-refractivity contribution >= 4 is 17.3 Å². The van der Waals surface area contributed by atoms with Gasteiger partial charge in [0.2, 0.25) is 0 Å². The Hall–Kier alpha value is -1.13. The van der Waals surface area contributed by atoms with Gasteiger partial charge in [0, 0.05) is 13.2 Å². The molecule has 2 unspecified atom stereocenters. The van der Waals surface area contributed by atoms with Crippen molar-refractivity contribution in [2.24, 2.45) is 0 Å². The van der Waals surface area contributed by atoms with Gasteiger partial charge >= 0.3 is 0 Å². The molecule has 1 aromatic rings. The second kappa shape index (κ2) is 7.25. The molecule has 0 saturated carbocycles. The van der Waals surface area contributed by atoms with E-state index in [1.54, 1.807) is 7.11 Å². The summed E-state index contributed by atoms with van der Waals surface area (Å²) in [4.78, 5) is 0. The highest BCUT2D eigenvalue weighted by atomic mass is 32.1. The summed E-state index contributed by atoms with van der Waals surface area (Å²) in [6.07, 6.45) is 0. The highest BCUT2D eigenvalue weighted by molar-refractivity contribution is 7.80. The van der Waals surface area contributed by atoms with Crippen LogP contribution in [0, 0.1) is 0 Å². The predicted molar refractivity (Wildman–Crippen MR) is 75.1 cm³/mol. The van der Waals surface area contributed by atoms with Crippen molar-refractivity contribution in [2.75, 3.05) is 13.7 Å². The third-order valence-corrected chi connectivity index (χ3v) is 2.68. The van der Waals surface area contributed by atoms with Gasteiger partial charge in [0.05, 0.1) is 12.6 Å². The maximum Gasteiger partial charge on any atom is 0.167 e. The maximum absolute atomic E-state index is 5.24. The molecule has 0 bridgehead atoms. The molecule has 0 aliphatic rings. The van der Waals surface area contributed by atoms with Crippen LogP contribution in [0.1, 0.15) is 25.5 Å². The first-order chi connectivity index (χ1) is 8.13. The molecule has 0 saturated heterocycles. The van der Waals surface area contributed by atoms with Gasteiger partial charge in [0.1, 0.15) is 0 Å². The number of methoxy groups -OCH3 is 1.